The van der Waals surface area contributed by atoms with E-state index in [0.717, 1.165) is 18.4 Å². The number of likely N-dealkylation sites (tertiary alicyclic amines) is 1. The molecular formula is C20H28ClN5O2. The summed E-state index contributed by atoms with van der Waals surface area (Å²) in [5.74, 6) is 0.0575. The number of aryl methyl sites for hydroxylation is 2. The van der Waals surface area contributed by atoms with Gasteiger partial charge in [0.15, 0.2) is 0 Å². The molecule has 1 saturated heterocycles. The number of hydrogen-bond acceptors (Lipinski definition) is 4. The Morgan fingerprint density at radius 1 is 1.29 bits per heavy atom. The summed E-state index contributed by atoms with van der Waals surface area (Å²) < 4.78 is 1.68. The van der Waals surface area contributed by atoms with Crippen LogP contribution in [0.3, 0.4) is 0 Å². The monoisotopic (exact) mass is 405 g/mol. The van der Waals surface area contributed by atoms with Crippen LogP contribution in [0, 0.1) is 0 Å². The van der Waals surface area contributed by atoms with Gasteiger partial charge in [-0.05, 0) is 25.5 Å². The highest BCUT2D eigenvalue weighted by Crippen LogP contribution is 2.16. The maximum absolute atomic E-state index is 12.6. The first kappa shape index (κ1) is 21.9. The van der Waals surface area contributed by atoms with Crippen LogP contribution in [0.5, 0.6) is 0 Å². The van der Waals surface area contributed by atoms with Crippen LogP contribution in [-0.4, -0.2) is 52.7 Å². The van der Waals surface area contributed by atoms with Gasteiger partial charge in [0.2, 0.25) is 11.8 Å². The number of halogens is 1. The van der Waals surface area contributed by atoms with E-state index in [1.807, 2.05) is 48.5 Å². The van der Waals surface area contributed by atoms with Gasteiger partial charge in [0.1, 0.15) is 6.04 Å². The Kier molecular flexibility index (Phi) is 8.02. The van der Waals surface area contributed by atoms with Gasteiger partial charge in [-0.25, -0.2) is 0 Å². The quantitative estimate of drug-likeness (QED) is 0.730. The molecule has 2 amide bonds. The number of nitrogens with zero attached hydrogens (tertiary/aromatic N) is 3. The van der Waals surface area contributed by atoms with Crippen molar-refractivity contribution in [3.8, 4) is 0 Å². The maximum Gasteiger partial charge on any atom is 0.242 e. The average molecular weight is 406 g/mol. The van der Waals surface area contributed by atoms with Crippen LogP contribution in [0.1, 0.15) is 30.0 Å². The Balaban J connectivity index is 0.00000280. The Morgan fingerprint density at radius 2 is 2.04 bits per heavy atom. The second-order valence-corrected chi connectivity index (χ2v) is 6.99. The van der Waals surface area contributed by atoms with E-state index in [1.165, 1.54) is 5.56 Å². The molecule has 0 saturated carbocycles. The second kappa shape index (κ2) is 10.2. The minimum absolute atomic E-state index is 0. The van der Waals surface area contributed by atoms with Crippen molar-refractivity contribution in [1.29, 1.82) is 0 Å². The molecule has 0 spiro atoms. The number of likely N-dealkylation sites (N-methyl/N-ethyl adjacent to an activating group) is 1. The third-order valence-corrected chi connectivity index (χ3v) is 4.97. The number of benzene rings is 1. The molecule has 1 aromatic carbocycles. The summed E-state index contributed by atoms with van der Waals surface area (Å²) in [4.78, 5) is 26.9. The molecule has 0 radical (unpaired) electrons. The molecule has 2 N–H and O–H groups in total. The van der Waals surface area contributed by atoms with Crippen LogP contribution in [-0.2, 0) is 23.1 Å². The first-order valence-corrected chi connectivity index (χ1v) is 9.34. The fraction of sp³-hybridized carbons (Fsp3) is 0.450. The predicted molar refractivity (Wildman–Crippen MR) is 110 cm³/mol. The average Bonchev–Trinajstić information content (AvgIpc) is 3.30. The molecule has 1 fully saturated rings. The van der Waals surface area contributed by atoms with Crippen LogP contribution in [0.25, 0.3) is 0 Å². The number of hydrogen-bond donors (Lipinski definition) is 2. The van der Waals surface area contributed by atoms with Crippen molar-refractivity contribution < 1.29 is 9.59 Å². The zero-order valence-electron chi connectivity index (χ0n) is 16.3. The first-order valence-electron chi connectivity index (χ1n) is 9.34. The molecule has 1 aromatic heterocycles. The highest BCUT2D eigenvalue weighted by molar-refractivity contribution is 5.85. The fourth-order valence-electron chi connectivity index (χ4n) is 3.48. The van der Waals surface area contributed by atoms with Crippen LogP contribution >= 0.6 is 12.4 Å². The lowest BCUT2D eigenvalue weighted by molar-refractivity contribution is -0.130. The van der Waals surface area contributed by atoms with Crippen molar-refractivity contribution in [1.82, 2.24) is 25.3 Å². The van der Waals surface area contributed by atoms with Gasteiger partial charge in [-0.1, -0.05) is 30.3 Å². The molecule has 2 aromatic rings. The van der Waals surface area contributed by atoms with Crippen molar-refractivity contribution in [2.75, 3.05) is 20.1 Å². The Morgan fingerprint density at radius 3 is 2.68 bits per heavy atom. The van der Waals surface area contributed by atoms with Crippen molar-refractivity contribution in [2.24, 2.45) is 7.05 Å². The molecule has 152 valence electrons. The molecule has 2 heterocycles. The number of carbonyl (C=O) groups is 2. The topological polar surface area (TPSA) is 79.3 Å². The highest BCUT2D eigenvalue weighted by Gasteiger charge is 2.29. The number of amides is 2. The molecule has 2 unspecified atom stereocenters. The normalized spacial score (nSPS) is 17.1. The minimum Gasteiger partial charge on any atom is -0.350 e. The summed E-state index contributed by atoms with van der Waals surface area (Å²) in [6, 6.07) is 9.58. The molecule has 28 heavy (non-hydrogen) atoms. The van der Waals surface area contributed by atoms with Crippen molar-refractivity contribution in [3.05, 3.63) is 53.9 Å². The van der Waals surface area contributed by atoms with E-state index in [0.29, 0.717) is 19.5 Å². The lowest BCUT2D eigenvalue weighted by Gasteiger charge is -2.20. The van der Waals surface area contributed by atoms with E-state index in [4.69, 9.17) is 0 Å². The summed E-state index contributed by atoms with van der Waals surface area (Å²) >= 11 is 0. The fourth-order valence-corrected chi connectivity index (χ4v) is 3.48. The predicted octanol–water partition coefficient (Wildman–Crippen LogP) is 1.45. The number of rotatable bonds is 7. The molecule has 0 aliphatic carbocycles. The van der Waals surface area contributed by atoms with Gasteiger partial charge >= 0.3 is 0 Å². The number of nitrogens with one attached hydrogen (secondary N) is 2. The zero-order valence-corrected chi connectivity index (χ0v) is 17.1. The van der Waals surface area contributed by atoms with Crippen LogP contribution in [0.4, 0.5) is 0 Å². The summed E-state index contributed by atoms with van der Waals surface area (Å²) in [5, 5.41) is 10.2. The molecule has 7 nitrogen and oxygen atoms in total. The molecule has 8 heteroatoms. The summed E-state index contributed by atoms with van der Waals surface area (Å²) in [6.07, 6.45) is 5.55. The summed E-state index contributed by atoms with van der Waals surface area (Å²) in [5.41, 5.74) is 1.99. The maximum atomic E-state index is 12.6. The third kappa shape index (κ3) is 5.56. The summed E-state index contributed by atoms with van der Waals surface area (Å²) in [7, 11) is 3.58. The Hall–Kier alpha value is -2.38. The molecular weight excluding hydrogens is 378 g/mol. The largest absolute Gasteiger partial charge is 0.350 e. The highest BCUT2D eigenvalue weighted by atomic mass is 35.5. The minimum atomic E-state index is -0.443. The lowest BCUT2D eigenvalue weighted by atomic mass is 10.1. The van der Waals surface area contributed by atoms with Gasteiger partial charge in [-0.15, -0.1) is 12.4 Å². The van der Waals surface area contributed by atoms with Gasteiger partial charge in [0, 0.05) is 44.4 Å². The van der Waals surface area contributed by atoms with Crippen LogP contribution < -0.4 is 10.6 Å². The van der Waals surface area contributed by atoms with Gasteiger partial charge < -0.3 is 15.5 Å². The summed E-state index contributed by atoms with van der Waals surface area (Å²) in [6.45, 7) is 1.26. The molecule has 1 aliphatic rings. The number of aromatic nitrogens is 2. The van der Waals surface area contributed by atoms with Crippen LogP contribution in [0.15, 0.2) is 42.7 Å². The van der Waals surface area contributed by atoms with E-state index in [9.17, 15) is 9.59 Å². The van der Waals surface area contributed by atoms with E-state index < -0.39 is 6.04 Å². The number of carbonyl (C=O) groups excluding carboxylic acids is 2. The van der Waals surface area contributed by atoms with E-state index in [1.54, 1.807) is 17.9 Å². The SMILES string of the molecule is CNC(C(=O)NC1CCN(C(=O)CCc2ccccc2)C1)c1cnn(C)c1.Cl. The standard InChI is InChI=1S/C20H27N5O2.ClH/c1-21-19(16-12-22-24(2)13-16)20(27)23-17-10-11-25(14-17)18(26)9-8-15-6-4-3-5-7-15;/h3-7,12-13,17,19,21H,8-11,14H2,1-2H3,(H,23,27);1H. The third-order valence-electron chi connectivity index (χ3n) is 4.97. The van der Waals surface area contributed by atoms with Crippen LogP contribution in [0.2, 0.25) is 0 Å². The first-order chi connectivity index (χ1) is 13.1. The van der Waals surface area contributed by atoms with E-state index in [-0.39, 0.29) is 30.3 Å². The van der Waals surface area contributed by atoms with Crippen molar-refractivity contribution in [2.45, 2.75) is 31.3 Å². The van der Waals surface area contributed by atoms with E-state index >= 15 is 0 Å². The van der Waals surface area contributed by atoms with Gasteiger partial charge in [-0.3, -0.25) is 14.3 Å². The molecule has 0 bridgehead atoms. The lowest BCUT2D eigenvalue weighted by Crippen LogP contribution is -2.43. The van der Waals surface area contributed by atoms with Gasteiger partial charge in [-0.2, -0.15) is 5.10 Å². The van der Waals surface area contributed by atoms with Crippen molar-refractivity contribution in [3.63, 3.8) is 0 Å². The van der Waals surface area contributed by atoms with Gasteiger partial charge in [0.05, 0.1) is 6.20 Å². The zero-order chi connectivity index (χ0) is 19.2. The van der Waals surface area contributed by atoms with Gasteiger partial charge in [0.25, 0.3) is 0 Å². The van der Waals surface area contributed by atoms with E-state index in [2.05, 4.69) is 15.7 Å². The Bertz CT molecular complexity index is 780. The van der Waals surface area contributed by atoms with Crippen molar-refractivity contribution >= 4 is 24.2 Å². The smallest absolute Gasteiger partial charge is 0.242 e. The molecule has 1 aliphatic heterocycles. The Labute approximate surface area is 171 Å². The molecule has 2 atom stereocenters. The second-order valence-electron chi connectivity index (χ2n) is 6.99. The molecule has 3 rings (SSSR count).